The van der Waals surface area contributed by atoms with Gasteiger partial charge in [0.05, 0.1) is 37.3 Å². The normalized spacial score (nSPS) is 17.8. The number of carbonyl (C=O) groups is 6. The molecule has 12 heteroatoms. The van der Waals surface area contributed by atoms with E-state index in [1.54, 1.807) is 6.07 Å². The van der Waals surface area contributed by atoms with E-state index in [9.17, 15) is 28.8 Å². The molecule has 170 valence electrons. The Hall–Kier alpha value is -3.80. The smallest absolute Gasteiger partial charge is 0.305 e. The predicted molar refractivity (Wildman–Crippen MR) is 108 cm³/mol. The number of imide groups is 2. The molecular formula is C20H22N4O8. The lowest BCUT2D eigenvalue weighted by Crippen LogP contribution is -2.54. The van der Waals surface area contributed by atoms with Crippen molar-refractivity contribution in [3.05, 3.63) is 29.3 Å². The van der Waals surface area contributed by atoms with Crippen LogP contribution in [-0.4, -0.2) is 77.9 Å². The number of hydrogen-bond acceptors (Lipinski definition) is 8. The Labute approximate surface area is 182 Å². The number of fused-ring (bicyclic) bond motifs is 1. The molecule has 0 aromatic heterocycles. The number of carboxylic acid groups (broad SMARTS) is 1. The molecule has 1 unspecified atom stereocenters. The van der Waals surface area contributed by atoms with Gasteiger partial charge in [0.25, 0.3) is 11.8 Å². The third-order valence-electron chi connectivity index (χ3n) is 4.92. The van der Waals surface area contributed by atoms with Crippen LogP contribution in [0.15, 0.2) is 18.2 Å². The van der Waals surface area contributed by atoms with Crippen LogP contribution < -0.4 is 16.0 Å². The molecular weight excluding hydrogens is 424 g/mol. The summed E-state index contributed by atoms with van der Waals surface area (Å²) in [5.74, 6) is -3.68. The molecule has 2 aliphatic rings. The van der Waals surface area contributed by atoms with Gasteiger partial charge in [-0.1, -0.05) is 0 Å². The first kappa shape index (κ1) is 22.9. The number of carboxylic acids is 1. The monoisotopic (exact) mass is 446 g/mol. The number of anilines is 1. The summed E-state index contributed by atoms with van der Waals surface area (Å²) in [5, 5.41) is 16.1. The molecule has 1 fully saturated rings. The molecule has 4 N–H and O–H groups in total. The fourth-order valence-corrected chi connectivity index (χ4v) is 3.35. The largest absolute Gasteiger partial charge is 0.481 e. The molecule has 0 bridgehead atoms. The summed E-state index contributed by atoms with van der Waals surface area (Å²) in [6, 6.07) is 3.38. The third kappa shape index (κ3) is 5.27. The molecule has 2 aliphatic heterocycles. The molecule has 0 radical (unpaired) electrons. The van der Waals surface area contributed by atoms with Gasteiger partial charge in [-0.3, -0.25) is 39.0 Å². The maximum Gasteiger partial charge on any atom is 0.305 e. The lowest BCUT2D eigenvalue weighted by atomic mass is 10.0. The zero-order valence-electron chi connectivity index (χ0n) is 17.0. The number of rotatable bonds is 10. The van der Waals surface area contributed by atoms with Gasteiger partial charge >= 0.3 is 5.97 Å². The van der Waals surface area contributed by atoms with Crippen LogP contribution in [0.2, 0.25) is 0 Å². The van der Waals surface area contributed by atoms with Crippen LogP contribution in [0, 0.1) is 0 Å². The van der Waals surface area contributed by atoms with Crippen LogP contribution >= 0.6 is 0 Å². The van der Waals surface area contributed by atoms with Crippen LogP contribution in [0.25, 0.3) is 0 Å². The molecule has 0 aliphatic carbocycles. The van der Waals surface area contributed by atoms with Gasteiger partial charge in [-0.05, 0) is 24.6 Å². The average Bonchev–Trinajstić information content (AvgIpc) is 2.99. The van der Waals surface area contributed by atoms with E-state index >= 15 is 0 Å². The van der Waals surface area contributed by atoms with Gasteiger partial charge in [0.1, 0.15) is 6.04 Å². The number of nitrogens with one attached hydrogen (secondary N) is 3. The quantitative estimate of drug-likeness (QED) is 0.263. The van der Waals surface area contributed by atoms with Crippen molar-refractivity contribution in [3.8, 4) is 0 Å². The van der Waals surface area contributed by atoms with Gasteiger partial charge in [-0.15, -0.1) is 0 Å². The fourth-order valence-electron chi connectivity index (χ4n) is 3.35. The second-order valence-electron chi connectivity index (χ2n) is 7.17. The molecule has 0 spiro atoms. The predicted octanol–water partition coefficient (Wildman–Crippen LogP) is -0.893. The second kappa shape index (κ2) is 10.0. The first-order chi connectivity index (χ1) is 15.3. The molecule has 1 saturated heterocycles. The molecule has 3 rings (SSSR count). The van der Waals surface area contributed by atoms with Gasteiger partial charge in [0.15, 0.2) is 0 Å². The molecule has 2 heterocycles. The Morgan fingerprint density at radius 2 is 1.88 bits per heavy atom. The maximum atomic E-state index is 12.8. The molecule has 1 aromatic rings. The summed E-state index contributed by atoms with van der Waals surface area (Å²) in [5.41, 5.74) is 0.688. The minimum atomic E-state index is -1.04. The zero-order chi connectivity index (χ0) is 23.3. The minimum Gasteiger partial charge on any atom is -0.481 e. The summed E-state index contributed by atoms with van der Waals surface area (Å²) in [6.45, 7) is 0.330. The summed E-state index contributed by atoms with van der Waals surface area (Å²) in [7, 11) is 0. The van der Waals surface area contributed by atoms with Crippen molar-refractivity contribution in [2.75, 3.05) is 31.6 Å². The highest BCUT2D eigenvalue weighted by molar-refractivity contribution is 6.23. The summed E-state index contributed by atoms with van der Waals surface area (Å²) < 4.78 is 5.07. The lowest BCUT2D eigenvalue weighted by molar-refractivity contribution is -0.138. The average molecular weight is 446 g/mol. The minimum absolute atomic E-state index is 0.0380. The molecule has 32 heavy (non-hydrogen) atoms. The molecule has 0 saturated carbocycles. The molecule has 1 aromatic carbocycles. The maximum absolute atomic E-state index is 12.8. The topological polar surface area (TPSA) is 171 Å². The van der Waals surface area contributed by atoms with E-state index in [-0.39, 0.29) is 62.6 Å². The standard InChI is InChI=1S/C20H22N4O8/c25-15-4-3-14(18(29)23-15)24-19(30)12-2-1-11(9-13(12)20(24)31)22-10-16(26)21-6-8-32-7-5-17(27)28/h1-2,9,14,22H,3-8,10H2,(H,21,26)(H,27,28)(H,23,25,29). The number of hydrogen-bond donors (Lipinski definition) is 4. The van der Waals surface area contributed by atoms with E-state index < -0.39 is 35.6 Å². The summed E-state index contributed by atoms with van der Waals surface area (Å²) >= 11 is 0. The van der Waals surface area contributed by atoms with E-state index in [1.165, 1.54) is 12.1 Å². The fraction of sp³-hybridized carbons (Fsp3) is 0.400. The van der Waals surface area contributed by atoms with Crippen molar-refractivity contribution >= 4 is 41.2 Å². The Balaban J connectivity index is 1.52. The van der Waals surface area contributed by atoms with Gasteiger partial charge < -0.3 is 20.5 Å². The highest BCUT2D eigenvalue weighted by Crippen LogP contribution is 2.29. The Morgan fingerprint density at radius 3 is 2.59 bits per heavy atom. The van der Waals surface area contributed by atoms with Gasteiger partial charge in [0.2, 0.25) is 17.7 Å². The van der Waals surface area contributed by atoms with E-state index in [1.807, 2.05) is 0 Å². The SMILES string of the molecule is O=C(O)CCOCCNC(=O)CNc1ccc2c(c1)C(=O)N(C1CCC(=O)NC1=O)C2=O. The zero-order valence-corrected chi connectivity index (χ0v) is 17.0. The number of benzene rings is 1. The number of piperidine rings is 1. The summed E-state index contributed by atoms with van der Waals surface area (Å²) in [4.78, 5) is 72.0. The van der Waals surface area contributed by atoms with E-state index in [0.29, 0.717) is 5.69 Å². The van der Waals surface area contributed by atoms with Crippen LogP contribution in [0.3, 0.4) is 0 Å². The van der Waals surface area contributed by atoms with Crippen molar-refractivity contribution in [1.82, 2.24) is 15.5 Å². The van der Waals surface area contributed by atoms with E-state index in [2.05, 4.69) is 16.0 Å². The van der Waals surface area contributed by atoms with E-state index in [4.69, 9.17) is 9.84 Å². The van der Waals surface area contributed by atoms with Gasteiger partial charge in [0, 0.05) is 18.7 Å². The number of amides is 5. The highest BCUT2D eigenvalue weighted by Gasteiger charge is 2.44. The van der Waals surface area contributed by atoms with Crippen molar-refractivity contribution in [1.29, 1.82) is 0 Å². The van der Waals surface area contributed by atoms with Gasteiger partial charge in [-0.2, -0.15) is 0 Å². The number of ether oxygens (including phenoxy) is 1. The number of carbonyl (C=O) groups excluding carboxylic acids is 5. The Bertz CT molecular complexity index is 976. The first-order valence-corrected chi connectivity index (χ1v) is 9.93. The van der Waals surface area contributed by atoms with Crippen molar-refractivity contribution in [3.63, 3.8) is 0 Å². The van der Waals surface area contributed by atoms with Gasteiger partial charge in [-0.25, -0.2) is 0 Å². The van der Waals surface area contributed by atoms with Crippen molar-refractivity contribution in [2.24, 2.45) is 0 Å². The number of aliphatic carboxylic acids is 1. The molecule has 12 nitrogen and oxygen atoms in total. The Kier molecular flexibility index (Phi) is 7.15. The van der Waals surface area contributed by atoms with Crippen molar-refractivity contribution < 1.29 is 38.6 Å². The number of nitrogens with zero attached hydrogens (tertiary/aromatic N) is 1. The van der Waals surface area contributed by atoms with Crippen LogP contribution in [0.1, 0.15) is 40.0 Å². The van der Waals surface area contributed by atoms with Crippen LogP contribution in [-0.2, 0) is 23.9 Å². The lowest BCUT2D eigenvalue weighted by Gasteiger charge is -2.27. The van der Waals surface area contributed by atoms with Crippen LogP contribution in [0.5, 0.6) is 0 Å². The highest BCUT2D eigenvalue weighted by atomic mass is 16.5. The van der Waals surface area contributed by atoms with Crippen LogP contribution in [0.4, 0.5) is 5.69 Å². The van der Waals surface area contributed by atoms with E-state index in [0.717, 1.165) is 4.90 Å². The summed E-state index contributed by atoms with van der Waals surface area (Å²) in [6.07, 6.45) is -0.00616. The third-order valence-corrected chi connectivity index (χ3v) is 4.92. The second-order valence-corrected chi connectivity index (χ2v) is 7.17. The molecule has 5 amide bonds. The Morgan fingerprint density at radius 1 is 1.12 bits per heavy atom. The molecule has 1 atom stereocenters. The van der Waals surface area contributed by atoms with Crippen molar-refractivity contribution in [2.45, 2.75) is 25.3 Å². The first-order valence-electron chi connectivity index (χ1n) is 9.93.